The summed E-state index contributed by atoms with van der Waals surface area (Å²) in [6, 6.07) is 14.3. The number of carbonyl (C=O) groups is 1. The van der Waals surface area contributed by atoms with Gasteiger partial charge in [0.05, 0.1) is 24.3 Å². The average molecular weight is 415 g/mol. The van der Waals surface area contributed by atoms with Gasteiger partial charge in [-0.3, -0.25) is 4.79 Å². The Balaban J connectivity index is 1.42. The number of nitrogens with zero attached hydrogens (tertiary/aromatic N) is 3. The van der Waals surface area contributed by atoms with Gasteiger partial charge >= 0.3 is 0 Å². The number of hydrogen-bond acceptors (Lipinski definition) is 4. The van der Waals surface area contributed by atoms with E-state index in [1.54, 1.807) is 13.3 Å². The van der Waals surface area contributed by atoms with Gasteiger partial charge in [-0.05, 0) is 67.3 Å². The van der Waals surface area contributed by atoms with E-state index < -0.39 is 0 Å². The van der Waals surface area contributed by atoms with E-state index >= 15 is 0 Å². The van der Waals surface area contributed by atoms with Crippen molar-refractivity contribution in [2.45, 2.75) is 45.2 Å². The van der Waals surface area contributed by atoms with Crippen LogP contribution in [-0.2, 0) is 6.54 Å². The fourth-order valence-corrected chi connectivity index (χ4v) is 3.98. The quantitative estimate of drug-likeness (QED) is 0.483. The molecule has 2 heterocycles. The molecule has 0 bridgehead atoms. The van der Waals surface area contributed by atoms with E-state index in [0.717, 1.165) is 51.7 Å². The van der Waals surface area contributed by atoms with Gasteiger partial charge in [-0.25, -0.2) is 9.67 Å². The van der Waals surface area contributed by atoms with Crippen LogP contribution in [0.4, 0.5) is 0 Å². The van der Waals surface area contributed by atoms with Crippen molar-refractivity contribution in [1.29, 1.82) is 0 Å². The smallest absolute Gasteiger partial charge is 0.252 e. The molecule has 1 fully saturated rings. The third-order valence-electron chi connectivity index (χ3n) is 5.88. The molecule has 6 heteroatoms. The Hall–Kier alpha value is -3.41. The van der Waals surface area contributed by atoms with Crippen LogP contribution in [0.15, 0.2) is 48.7 Å². The van der Waals surface area contributed by atoms with Crippen LogP contribution in [0.1, 0.15) is 60.3 Å². The zero-order valence-electron chi connectivity index (χ0n) is 18.1. The summed E-state index contributed by atoms with van der Waals surface area (Å²) in [5.74, 6) is 1.21. The maximum absolute atomic E-state index is 13.2. The Bertz CT molecular complexity index is 1290. The van der Waals surface area contributed by atoms with Crippen LogP contribution in [0.3, 0.4) is 0 Å². The van der Waals surface area contributed by atoms with Crippen LogP contribution in [0.25, 0.3) is 21.8 Å². The highest BCUT2D eigenvalue weighted by Gasteiger charge is 2.28. The Labute approximate surface area is 181 Å². The van der Waals surface area contributed by atoms with Crippen LogP contribution in [0.5, 0.6) is 5.75 Å². The van der Waals surface area contributed by atoms with Crippen molar-refractivity contribution in [2.24, 2.45) is 0 Å². The molecule has 6 nitrogen and oxygen atoms in total. The fraction of sp³-hybridized carbons (Fsp3) is 0.320. The number of aromatic nitrogens is 3. The Morgan fingerprint density at radius 2 is 1.94 bits per heavy atom. The van der Waals surface area contributed by atoms with Crippen LogP contribution in [0.2, 0.25) is 0 Å². The summed E-state index contributed by atoms with van der Waals surface area (Å²) in [6.45, 7) is 4.61. The second-order valence-electron chi connectivity index (χ2n) is 8.52. The summed E-state index contributed by atoms with van der Waals surface area (Å²) in [7, 11) is 1.67. The molecule has 2 aromatic heterocycles. The molecule has 0 radical (unpaired) electrons. The molecule has 1 aliphatic carbocycles. The van der Waals surface area contributed by atoms with Gasteiger partial charge < -0.3 is 10.1 Å². The van der Waals surface area contributed by atoms with Crippen molar-refractivity contribution >= 4 is 27.7 Å². The minimum atomic E-state index is -0.0903. The lowest BCUT2D eigenvalue weighted by molar-refractivity contribution is 0.0952. The standard InChI is InChI=1S/C25H26N4O2/c1-15(2)29-24-22(14-27-29)21(12-23(28-24)17-6-7-17)25(30)26-13-16-4-5-19-11-20(31-3)9-8-18(19)10-16/h4-5,8-12,14-15,17H,6-7,13H2,1-3H3,(H,26,30). The van der Waals surface area contributed by atoms with Gasteiger partial charge in [-0.15, -0.1) is 0 Å². The van der Waals surface area contributed by atoms with Crippen LogP contribution in [0, 0.1) is 0 Å². The lowest BCUT2D eigenvalue weighted by Gasteiger charge is -2.11. The summed E-state index contributed by atoms with van der Waals surface area (Å²) < 4.78 is 7.19. The summed E-state index contributed by atoms with van der Waals surface area (Å²) in [5.41, 5.74) is 3.50. The average Bonchev–Trinajstić information content (AvgIpc) is 3.54. The second kappa shape index (κ2) is 7.69. The molecule has 1 N–H and O–H groups in total. The fourth-order valence-electron chi connectivity index (χ4n) is 3.98. The summed E-state index contributed by atoms with van der Waals surface area (Å²) in [5, 5.41) is 10.6. The van der Waals surface area contributed by atoms with Gasteiger partial charge in [0.25, 0.3) is 5.91 Å². The topological polar surface area (TPSA) is 69.0 Å². The lowest BCUT2D eigenvalue weighted by atomic mass is 10.1. The molecule has 0 unspecified atom stereocenters. The normalized spacial score (nSPS) is 13.8. The third kappa shape index (κ3) is 3.74. The number of fused-ring (bicyclic) bond motifs is 2. The predicted octanol–water partition coefficient (Wildman–Crippen LogP) is 4.98. The number of ether oxygens (including phenoxy) is 1. The first kappa shape index (κ1) is 19.5. The molecule has 0 atom stereocenters. The number of nitrogens with one attached hydrogen (secondary N) is 1. The molecule has 1 amide bonds. The van der Waals surface area contributed by atoms with Gasteiger partial charge in [0.1, 0.15) is 5.75 Å². The third-order valence-corrected chi connectivity index (χ3v) is 5.88. The summed E-state index contributed by atoms with van der Waals surface area (Å²) in [4.78, 5) is 18.0. The van der Waals surface area contributed by atoms with Crippen LogP contribution in [-0.4, -0.2) is 27.8 Å². The predicted molar refractivity (Wildman–Crippen MR) is 122 cm³/mol. The number of amides is 1. The highest BCUT2D eigenvalue weighted by molar-refractivity contribution is 6.05. The maximum atomic E-state index is 13.2. The van der Waals surface area contributed by atoms with Gasteiger partial charge in [0.15, 0.2) is 5.65 Å². The van der Waals surface area contributed by atoms with Crippen LogP contribution < -0.4 is 10.1 Å². The molecule has 31 heavy (non-hydrogen) atoms. The highest BCUT2D eigenvalue weighted by atomic mass is 16.5. The molecule has 1 aliphatic rings. The van der Waals surface area contributed by atoms with E-state index in [0.29, 0.717) is 18.0 Å². The SMILES string of the molecule is COc1ccc2cc(CNC(=O)c3cc(C4CC4)nc4c3cnn4C(C)C)ccc2c1. The van der Waals surface area contributed by atoms with Gasteiger partial charge in [-0.1, -0.05) is 18.2 Å². The molecule has 4 aromatic rings. The van der Waals surface area contributed by atoms with Gasteiger partial charge in [0.2, 0.25) is 0 Å². The Morgan fingerprint density at radius 3 is 2.68 bits per heavy atom. The van der Waals surface area contributed by atoms with E-state index in [1.165, 1.54) is 0 Å². The number of pyridine rings is 1. The zero-order chi connectivity index (χ0) is 21.5. The molecular weight excluding hydrogens is 388 g/mol. The molecule has 0 spiro atoms. The second-order valence-corrected chi connectivity index (χ2v) is 8.52. The minimum Gasteiger partial charge on any atom is -0.497 e. The van der Waals surface area contributed by atoms with E-state index in [9.17, 15) is 4.79 Å². The van der Waals surface area contributed by atoms with Crippen molar-refractivity contribution in [2.75, 3.05) is 7.11 Å². The highest BCUT2D eigenvalue weighted by Crippen LogP contribution is 2.40. The molecular formula is C25H26N4O2. The number of rotatable bonds is 6. The monoisotopic (exact) mass is 414 g/mol. The van der Waals surface area contributed by atoms with Crippen molar-refractivity contribution < 1.29 is 9.53 Å². The number of carbonyl (C=O) groups excluding carboxylic acids is 1. The van der Waals surface area contributed by atoms with E-state index in [2.05, 4.69) is 36.4 Å². The largest absolute Gasteiger partial charge is 0.497 e. The maximum Gasteiger partial charge on any atom is 0.252 e. The number of benzene rings is 2. The lowest BCUT2D eigenvalue weighted by Crippen LogP contribution is -2.23. The number of hydrogen-bond donors (Lipinski definition) is 1. The Kier molecular flexibility index (Phi) is 4.85. The minimum absolute atomic E-state index is 0.0903. The van der Waals surface area contributed by atoms with Gasteiger partial charge in [-0.2, -0.15) is 5.10 Å². The molecule has 158 valence electrons. The molecule has 0 aliphatic heterocycles. The molecule has 0 saturated heterocycles. The van der Waals surface area contributed by atoms with E-state index in [1.807, 2.05) is 35.0 Å². The summed E-state index contributed by atoms with van der Waals surface area (Å²) >= 11 is 0. The zero-order valence-corrected chi connectivity index (χ0v) is 18.1. The van der Waals surface area contributed by atoms with Crippen LogP contribution >= 0.6 is 0 Å². The number of methoxy groups -OCH3 is 1. The van der Waals surface area contributed by atoms with Crippen molar-refractivity contribution in [1.82, 2.24) is 20.1 Å². The molecule has 2 aromatic carbocycles. The van der Waals surface area contributed by atoms with E-state index in [-0.39, 0.29) is 11.9 Å². The van der Waals surface area contributed by atoms with Crippen molar-refractivity contribution in [3.63, 3.8) is 0 Å². The summed E-state index contributed by atoms with van der Waals surface area (Å²) in [6.07, 6.45) is 4.03. The first-order chi connectivity index (χ1) is 15.0. The first-order valence-electron chi connectivity index (χ1n) is 10.8. The van der Waals surface area contributed by atoms with Gasteiger partial charge in [0, 0.05) is 24.2 Å². The molecule has 5 rings (SSSR count). The molecule has 1 saturated carbocycles. The van der Waals surface area contributed by atoms with Crippen molar-refractivity contribution in [3.05, 3.63) is 65.5 Å². The van der Waals surface area contributed by atoms with E-state index in [4.69, 9.17) is 9.72 Å². The Morgan fingerprint density at radius 1 is 1.16 bits per heavy atom. The van der Waals surface area contributed by atoms with Crippen molar-refractivity contribution in [3.8, 4) is 5.75 Å². The first-order valence-corrected chi connectivity index (χ1v) is 10.8.